The van der Waals surface area contributed by atoms with Crippen molar-refractivity contribution in [3.63, 3.8) is 0 Å². The van der Waals surface area contributed by atoms with E-state index in [-0.39, 0.29) is 12.4 Å². The molecule has 0 aliphatic rings. The van der Waals surface area contributed by atoms with Crippen LogP contribution in [-0.4, -0.2) is 9.55 Å². The molecule has 4 heteroatoms. The summed E-state index contributed by atoms with van der Waals surface area (Å²) >= 11 is 0. The number of halogens is 1. The zero-order chi connectivity index (χ0) is 14.7. The molecule has 22 heavy (non-hydrogen) atoms. The summed E-state index contributed by atoms with van der Waals surface area (Å²) in [4.78, 5) is 4.40. The number of hydrogen-bond acceptors (Lipinski definition) is 2. The Bertz CT molecular complexity index is 732. The van der Waals surface area contributed by atoms with E-state index in [0.29, 0.717) is 5.95 Å². The molecule has 0 aliphatic heterocycles. The first kappa shape index (κ1) is 16.4. The summed E-state index contributed by atoms with van der Waals surface area (Å²) in [7, 11) is 0. The molecule has 0 fully saturated rings. The Balaban J connectivity index is 0.00000176. The van der Waals surface area contributed by atoms with Gasteiger partial charge in [-0.1, -0.05) is 42.0 Å². The van der Waals surface area contributed by atoms with Crippen molar-refractivity contribution in [2.45, 2.75) is 32.7 Å². The van der Waals surface area contributed by atoms with Crippen molar-refractivity contribution in [3.05, 3.63) is 59.7 Å². The molecule has 3 rings (SSSR count). The van der Waals surface area contributed by atoms with Crippen molar-refractivity contribution >= 4 is 29.4 Å². The summed E-state index contributed by atoms with van der Waals surface area (Å²) in [6, 6.07) is 16.9. The second kappa shape index (κ2) is 7.32. The van der Waals surface area contributed by atoms with Gasteiger partial charge in [0.1, 0.15) is 0 Å². The molecular formula is C18H22ClN3. The Morgan fingerprint density at radius 3 is 2.50 bits per heavy atom. The third-order valence-corrected chi connectivity index (χ3v) is 3.90. The predicted molar refractivity (Wildman–Crippen MR) is 95.5 cm³/mol. The molecule has 116 valence electrons. The van der Waals surface area contributed by atoms with Crippen molar-refractivity contribution < 1.29 is 0 Å². The first-order chi connectivity index (χ1) is 10.2. The molecule has 2 aromatic carbocycles. The number of aromatic nitrogens is 2. The van der Waals surface area contributed by atoms with Crippen LogP contribution in [0.4, 0.5) is 5.95 Å². The van der Waals surface area contributed by atoms with Gasteiger partial charge in [0.25, 0.3) is 0 Å². The number of nitrogen functional groups attached to an aromatic ring is 1. The van der Waals surface area contributed by atoms with Crippen molar-refractivity contribution in [1.29, 1.82) is 0 Å². The first-order valence-corrected chi connectivity index (χ1v) is 7.50. The van der Waals surface area contributed by atoms with Crippen LogP contribution in [0, 0.1) is 6.92 Å². The van der Waals surface area contributed by atoms with Gasteiger partial charge in [-0.15, -0.1) is 12.4 Å². The minimum atomic E-state index is 0. The number of para-hydroxylation sites is 2. The molecule has 0 saturated carbocycles. The van der Waals surface area contributed by atoms with E-state index in [4.69, 9.17) is 5.73 Å². The zero-order valence-electron chi connectivity index (χ0n) is 12.8. The zero-order valence-corrected chi connectivity index (χ0v) is 13.6. The predicted octanol–water partition coefficient (Wildman–Crippen LogP) is 4.37. The topological polar surface area (TPSA) is 43.8 Å². The van der Waals surface area contributed by atoms with Gasteiger partial charge in [-0.2, -0.15) is 0 Å². The summed E-state index contributed by atoms with van der Waals surface area (Å²) in [5, 5.41) is 0. The van der Waals surface area contributed by atoms with Crippen molar-refractivity contribution in [2.24, 2.45) is 0 Å². The molecule has 0 spiro atoms. The molecule has 0 saturated heterocycles. The van der Waals surface area contributed by atoms with E-state index in [1.165, 1.54) is 11.1 Å². The van der Waals surface area contributed by atoms with Crippen LogP contribution >= 0.6 is 12.4 Å². The lowest BCUT2D eigenvalue weighted by Gasteiger charge is -2.07. The molecule has 0 amide bonds. The number of anilines is 1. The van der Waals surface area contributed by atoms with Crippen LogP contribution in [0.5, 0.6) is 0 Å². The quantitative estimate of drug-likeness (QED) is 0.710. The molecule has 1 heterocycles. The van der Waals surface area contributed by atoms with Crippen molar-refractivity contribution in [3.8, 4) is 0 Å². The van der Waals surface area contributed by atoms with E-state index in [0.717, 1.165) is 36.8 Å². The van der Waals surface area contributed by atoms with Crippen LogP contribution in [0.2, 0.25) is 0 Å². The lowest BCUT2D eigenvalue weighted by Crippen LogP contribution is -2.03. The normalized spacial score (nSPS) is 10.6. The molecule has 1 aromatic heterocycles. The first-order valence-electron chi connectivity index (χ1n) is 7.50. The van der Waals surface area contributed by atoms with E-state index in [1.54, 1.807) is 0 Å². The smallest absolute Gasteiger partial charge is 0.201 e. The molecule has 0 aliphatic carbocycles. The Morgan fingerprint density at radius 1 is 1.00 bits per heavy atom. The lowest BCUT2D eigenvalue weighted by atomic mass is 10.1. The maximum absolute atomic E-state index is 6.02. The van der Waals surface area contributed by atoms with E-state index in [2.05, 4.69) is 46.8 Å². The fourth-order valence-corrected chi connectivity index (χ4v) is 2.68. The van der Waals surface area contributed by atoms with Gasteiger partial charge < -0.3 is 10.3 Å². The highest BCUT2D eigenvalue weighted by Gasteiger charge is 2.06. The van der Waals surface area contributed by atoms with Crippen molar-refractivity contribution in [2.75, 3.05) is 5.73 Å². The summed E-state index contributed by atoms with van der Waals surface area (Å²) in [6.45, 7) is 3.05. The average Bonchev–Trinajstić information content (AvgIpc) is 2.81. The van der Waals surface area contributed by atoms with Gasteiger partial charge in [0.15, 0.2) is 0 Å². The molecular weight excluding hydrogens is 294 g/mol. The number of hydrogen-bond donors (Lipinski definition) is 1. The summed E-state index contributed by atoms with van der Waals surface area (Å²) in [5.41, 5.74) is 10.8. The number of nitrogens with zero attached hydrogens (tertiary/aromatic N) is 2. The van der Waals surface area contributed by atoms with E-state index >= 15 is 0 Å². The Kier molecular flexibility index (Phi) is 5.45. The number of aryl methyl sites for hydroxylation is 3. The molecule has 0 atom stereocenters. The number of fused-ring (bicyclic) bond motifs is 1. The van der Waals surface area contributed by atoms with Gasteiger partial charge >= 0.3 is 0 Å². The number of benzene rings is 2. The fraction of sp³-hybridized carbons (Fsp3) is 0.278. The van der Waals surface area contributed by atoms with E-state index in [9.17, 15) is 0 Å². The molecule has 3 aromatic rings. The second-order valence-corrected chi connectivity index (χ2v) is 5.55. The standard InChI is InChI=1S/C18H21N3.ClH/c1-14-9-11-15(12-10-14)6-4-5-13-21-17-8-3-2-7-16(17)20-18(21)19;/h2-3,7-12H,4-6,13H2,1H3,(H2,19,20);1H. The largest absolute Gasteiger partial charge is 0.369 e. The van der Waals surface area contributed by atoms with E-state index < -0.39 is 0 Å². The third-order valence-electron chi connectivity index (χ3n) is 3.90. The van der Waals surface area contributed by atoms with Crippen LogP contribution < -0.4 is 5.73 Å². The van der Waals surface area contributed by atoms with Crippen LogP contribution in [0.3, 0.4) is 0 Å². The highest BCUT2D eigenvalue weighted by atomic mass is 35.5. The van der Waals surface area contributed by atoms with Gasteiger partial charge in [-0.25, -0.2) is 4.98 Å². The lowest BCUT2D eigenvalue weighted by molar-refractivity contribution is 0.627. The average molecular weight is 316 g/mol. The fourth-order valence-electron chi connectivity index (χ4n) is 2.68. The maximum atomic E-state index is 6.02. The van der Waals surface area contributed by atoms with Crippen LogP contribution in [-0.2, 0) is 13.0 Å². The second-order valence-electron chi connectivity index (χ2n) is 5.55. The van der Waals surface area contributed by atoms with Gasteiger partial charge in [0.05, 0.1) is 11.0 Å². The minimum Gasteiger partial charge on any atom is -0.369 e. The Morgan fingerprint density at radius 2 is 1.73 bits per heavy atom. The van der Waals surface area contributed by atoms with Gasteiger partial charge in [-0.05, 0) is 43.9 Å². The monoisotopic (exact) mass is 315 g/mol. The number of rotatable bonds is 5. The van der Waals surface area contributed by atoms with E-state index in [1.807, 2.05) is 18.2 Å². The molecule has 3 nitrogen and oxygen atoms in total. The van der Waals surface area contributed by atoms with Crippen LogP contribution in [0.1, 0.15) is 24.0 Å². The van der Waals surface area contributed by atoms with Crippen LogP contribution in [0.25, 0.3) is 11.0 Å². The summed E-state index contributed by atoms with van der Waals surface area (Å²) < 4.78 is 2.12. The number of imidazole rings is 1. The third kappa shape index (κ3) is 3.60. The number of unbranched alkanes of at least 4 members (excludes halogenated alkanes) is 1. The molecule has 0 radical (unpaired) electrons. The molecule has 0 bridgehead atoms. The Labute approximate surface area is 137 Å². The van der Waals surface area contributed by atoms with Crippen LogP contribution in [0.15, 0.2) is 48.5 Å². The summed E-state index contributed by atoms with van der Waals surface area (Å²) in [6.07, 6.45) is 3.39. The molecule has 2 N–H and O–H groups in total. The molecule has 0 unspecified atom stereocenters. The minimum absolute atomic E-state index is 0. The van der Waals surface area contributed by atoms with Crippen molar-refractivity contribution in [1.82, 2.24) is 9.55 Å². The van der Waals surface area contributed by atoms with Gasteiger partial charge in [-0.3, -0.25) is 0 Å². The highest BCUT2D eigenvalue weighted by molar-refractivity contribution is 5.85. The SMILES string of the molecule is Cc1ccc(CCCCn2c(N)nc3ccccc32)cc1.Cl. The Hall–Kier alpha value is -2.00. The van der Waals surface area contributed by atoms with Gasteiger partial charge in [0.2, 0.25) is 5.95 Å². The van der Waals surface area contributed by atoms with Gasteiger partial charge in [0, 0.05) is 6.54 Å². The highest BCUT2D eigenvalue weighted by Crippen LogP contribution is 2.18. The number of nitrogens with two attached hydrogens (primary N) is 1. The summed E-state index contributed by atoms with van der Waals surface area (Å²) in [5.74, 6) is 0.617. The maximum Gasteiger partial charge on any atom is 0.201 e.